The van der Waals surface area contributed by atoms with Crippen LogP contribution in [-0.4, -0.2) is 23.2 Å². The Hall–Kier alpha value is -0.940. The largest absolute Gasteiger partial charge is 0.477 e. The molecule has 0 saturated heterocycles. The highest BCUT2D eigenvalue weighted by atomic mass is 32.1. The highest BCUT2D eigenvalue weighted by Gasteiger charge is 2.48. The fraction of sp³-hybridized carbons (Fsp3) is 0.636. The van der Waals surface area contributed by atoms with Crippen LogP contribution in [0, 0.1) is 5.41 Å². The molecular weight excluding hydrogens is 226 g/mol. The Morgan fingerprint density at radius 2 is 2.31 bits per heavy atom. The molecule has 0 aromatic carbocycles. The summed E-state index contributed by atoms with van der Waals surface area (Å²) in [6.07, 6.45) is 1.09. The second kappa shape index (κ2) is 3.82. The number of carbonyl (C=O) groups is 1. The van der Waals surface area contributed by atoms with Crippen molar-refractivity contribution >= 4 is 17.3 Å². The van der Waals surface area contributed by atoms with E-state index in [4.69, 9.17) is 9.84 Å². The molecule has 4 nitrogen and oxygen atoms in total. The van der Waals surface area contributed by atoms with Crippen LogP contribution in [0.15, 0.2) is 0 Å². The van der Waals surface area contributed by atoms with E-state index in [2.05, 4.69) is 18.8 Å². The number of carboxylic acid groups (broad SMARTS) is 1. The maximum Gasteiger partial charge on any atom is 0.347 e. The molecule has 1 aliphatic carbocycles. The zero-order chi connectivity index (χ0) is 11.9. The van der Waals surface area contributed by atoms with Crippen molar-refractivity contribution in [1.82, 2.24) is 4.98 Å². The van der Waals surface area contributed by atoms with Crippen molar-refractivity contribution in [3.63, 3.8) is 0 Å². The van der Waals surface area contributed by atoms with Gasteiger partial charge in [-0.25, -0.2) is 9.78 Å². The fourth-order valence-electron chi connectivity index (χ4n) is 1.81. The summed E-state index contributed by atoms with van der Waals surface area (Å²) in [7, 11) is 1.55. The van der Waals surface area contributed by atoms with Gasteiger partial charge < -0.3 is 9.84 Å². The summed E-state index contributed by atoms with van der Waals surface area (Å²) in [6.45, 7) is 4.62. The van der Waals surface area contributed by atoms with E-state index in [9.17, 15) is 4.79 Å². The summed E-state index contributed by atoms with van der Waals surface area (Å²) in [5.74, 6) is -0.490. The summed E-state index contributed by atoms with van der Waals surface area (Å²) < 4.78 is 4.96. The number of aromatic carboxylic acids is 1. The summed E-state index contributed by atoms with van der Waals surface area (Å²) in [5.41, 5.74) is 0.829. The van der Waals surface area contributed by atoms with Crippen molar-refractivity contribution in [2.24, 2.45) is 5.41 Å². The Balaban J connectivity index is 2.29. The first kappa shape index (κ1) is 11.5. The molecule has 5 heteroatoms. The number of nitrogens with zero attached hydrogens (tertiary/aromatic N) is 1. The molecule has 1 N–H and O–H groups in total. The predicted octanol–water partition coefficient (Wildman–Crippen LogP) is 2.50. The minimum absolute atomic E-state index is 0.269. The molecule has 16 heavy (non-hydrogen) atoms. The lowest BCUT2D eigenvalue weighted by molar-refractivity contribution is 0.0697. The third kappa shape index (κ3) is 1.97. The van der Waals surface area contributed by atoms with Gasteiger partial charge in [-0.3, -0.25) is 0 Å². The van der Waals surface area contributed by atoms with Gasteiger partial charge in [-0.2, -0.15) is 0 Å². The molecule has 0 spiro atoms. The summed E-state index contributed by atoms with van der Waals surface area (Å²) >= 11 is 1.29. The number of hydrogen-bond acceptors (Lipinski definition) is 4. The van der Waals surface area contributed by atoms with E-state index >= 15 is 0 Å². The Morgan fingerprint density at radius 3 is 2.75 bits per heavy atom. The van der Waals surface area contributed by atoms with Crippen LogP contribution in [0.5, 0.6) is 0 Å². The van der Waals surface area contributed by atoms with E-state index in [0.717, 1.165) is 11.4 Å². The maximum absolute atomic E-state index is 11.0. The van der Waals surface area contributed by atoms with Crippen LogP contribution in [0.2, 0.25) is 0 Å². The van der Waals surface area contributed by atoms with Crippen LogP contribution in [-0.2, 0) is 11.3 Å². The average Bonchev–Trinajstić information content (AvgIpc) is 2.65. The monoisotopic (exact) mass is 241 g/mol. The van der Waals surface area contributed by atoms with Gasteiger partial charge in [0, 0.05) is 13.0 Å². The Kier molecular flexibility index (Phi) is 2.75. The molecule has 1 fully saturated rings. The van der Waals surface area contributed by atoms with Gasteiger partial charge in [-0.15, -0.1) is 11.3 Å². The molecule has 1 saturated carbocycles. The number of methoxy groups -OCH3 is 1. The Labute approximate surface area is 98.3 Å². The Morgan fingerprint density at radius 1 is 1.69 bits per heavy atom. The molecule has 0 aliphatic heterocycles. The van der Waals surface area contributed by atoms with E-state index in [0.29, 0.717) is 16.5 Å². The number of ether oxygens (including phenoxy) is 1. The van der Waals surface area contributed by atoms with E-state index in [1.54, 1.807) is 7.11 Å². The predicted molar refractivity (Wildman–Crippen MR) is 60.9 cm³/mol. The molecule has 0 bridgehead atoms. The first-order chi connectivity index (χ1) is 7.45. The van der Waals surface area contributed by atoms with Crippen molar-refractivity contribution in [2.45, 2.75) is 32.8 Å². The minimum atomic E-state index is -0.908. The molecule has 0 amide bonds. The number of aromatic nitrogens is 1. The molecule has 1 heterocycles. The lowest BCUT2D eigenvalue weighted by Gasteiger charge is -1.97. The van der Waals surface area contributed by atoms with Crippen molar-refractivity contribution in [1.29, 1.82) is 0 Å². The van der Waals surface area contributed by atoms with Crippen LogP contribution < -0.4 is 0 Å². The summed E-state index contributed by atoms with van der Waals surface area (Å²) in [4.78, 5) is 15.7. The van der Waals surface area contributed by atoms with E-state index in [-0.39, 0.29) is 12.0 Å². The lowest BCUT2D eigenvalue weighted by atomic mass is 10.1. The van der Waals surface area contributed by atoms with Gasteiger partial charge in [0.1, 0.15) is 4.88 Å². The quantitative estimate of drug-likeness (QED) is 0.879. The Bertz CT molecular complexity index is 425. The van der Waals surface area contributed by atoms with Gasteiger partial charge in [0.25, 0.3) is 0 Å². The third-order valence-corrected chi connectivity index (χ3v) is 4.20. The standard InChI is InChI=1S/C11H15NO3S/c1-11(2)4-6(11)9-12-7(5-15-3)8(16-9)10(13)14/h6H,4-5H2,1-3H3,(H,13,14). The lowest BCUT2D eigenvalue weighted by Crippen LogP contribution is -1.99. The van der Waals surface area contributed by atoms with Gasteiger partial charge in [0.15, 0.2) is 0 Å². The fourth-order valence-corrected chi connectivity index (χ4v) is 3.03. The molecule has 0 radical (unpaired) electrons. The van der Waals surface area contributed by atoms with E-state index in [1.165, 1.54) is 11.3 Å². The molecule has 1 atom stereocenters. The molecule has 1 aromatic heterocycles. The van der Waals surface area contributed by atoms with Crippen molar-refractivity contribution in [2.75, 3.05) is 7.11 Å². The maximum atomic E-state index is 11.0. The smallest absolute Gasteiger partial charge is 0.347 e. The van der Waals surface area contributed by atoms with Gasteiger partial charge in [-0.1, -0.05) is 13.8 Å². The van der Waals surface area contributed by atoms with E-state index < -0.39 is 5.97 Å². The SMILES string of the molecule is COCc1nc(C2CC2(C)C)sc1C(=O)O. The third-order valence-electron chi connectivity index (χ3n) is 3.00. The first-order valence-corrected chi connectivity index (χ1v) is 5.99. The summed E-state index contributed by atoms with van der Waals surface area (Å²) in [5, 5.41) is 9.99. The normalized spacial score (nSPS) is 22.1. The minimum Gasteiger partial charge on any atom is -0.477 e. The van der Waals surface area contributed by atoms with E-state index in [1.807, 2.05) is 0 Å². The van der Waals surface area contributed by atoms with Crippen LogP contribution in [0.4, 0.5) is 0 Å². The molecule has 1 aromatic rings. The number of carboxylic acids is 1. The van der Waals surface area contributed by atoms with Crippen molar-refractivity contribution in [3.8, 4) is 0 Å². The van der Waals surface area contributed by atoms with Crippen molar-refractivity contribution in [3.05, 3.63) is 15.6 Å². The molecule has 1 unspecified atom stereocenters. The topological polar surface area (TPSA) is 59.4 Å². The van der Waals surface area contributed by atoms with Gasteiger partial charge in [-0.05, 0) is 11.8 Å². The second-order valence-corrected chi connectivity index (χ2v) is 5.84. The number of thiazole rings is 1. The molecule has 2 rings (SSSR count). The molecule has 88 valence electrons. The zero-order valence-corrected chi connectivity index (χ0v) is 10.4. The number of hydrogen-bond donors (Lipinski definition) is 1. The zero-order valence-electron chi connectivity index (χ0n) is 9.61. The van der Waals surface area contributed by atoms with Crippen LogP contribution in [0.1, 0.15) is 46.6 Å². The average molecular weight is 241 g/mol. The molecular formula is C11H15NO3S. The van der Waals surface area contributed by atoms with Crippen LogP contribution in [0.25, 0.3) is 0 Å². The van der Waals surface area contributed by atoms with Gasteiger partial charge in [0.05, 0.1) is 17.3 Å². The molecule has 1 aliphatic rings. The van der Waals surface area contributed by atoms with Crippen LogP contribution >= 0.6 is 11.3 Å². The summed E-state index contributed by atoms with van der Waals surface area (Å²) in [6, 6.07) is 0. The highest BCUT2D eigenvalue weighted by Crippen LogP contribution is 2.59. The second-order valence-electron chi connectivity index (χ2n) is 4.81. The van der Waals surface area contributed by atoms with Gasteiger partial charge >= 0.3 is 5.97 Å². The number of rotatable bonds is 4. The van der Waals surface area contributed by atoms with Gasteiger partial charge in [0.2, 0.25) is 0 Å². The van der Waals surface area contributed by atoms with Crippen molar-refractivity contribution < 1.29 is 14.6 Å². The van der Waals surface area contributed by atoms with Crippen LogP contribution in [0.3, 0.4) is 0 Å². The highest BCUT2D eigenvalue weighted by molar-refractivity contribution is 7.13. The first-order valence-electron chi connectivity index (χ1n) is 5.17.